The van der Waals surface area contributed by atoms with Gasteiger partial charge in [-0.15, -0.1) is 24.0 Å². The standard InChI is InChI=1S/C22H30N4O.HI/c1-3-23-22(25-14-21-18(2)8-7-12-24-21)26-13-11-20(15-26)17-27-16-19-9-5-4-6-10-19;/h4-10,12,20H,3,11,13-17H2,1-2H3,(H,23,25);1H. The topological polar surface area (TPSA) is 49.8 Å². The van der Waals surface area contributed by atoms with Gasteiger partial charge in [0.25, 0.3) is 0 Å². The Kier molecular flexibility index (Phi) is 9.70. The molecule has 0 bridgehead atoms. The number of ether oxygens (including phenoxy) is 1. The van der Waals surface area contributed by atoms with Gasteiger partial charge in [0.05, 0.1) is 25.5 Å². The number of aliphatic imine (C=N–C) groups is 1. The first-order chi connectivity index (χ1) is 13.3. The molecule has 3 rings (SSSR count). The van der Waals surface area contributed by atoms with Gasteiger partial charge in [0, 0.05) is 31.7 Å². The average Bonchev–Trinajstić information content (AvgIpc) is 3.16. The fourth-order valence-electron chi connectivity index (χ4n) is 3.34. The molecular formula is C22H31IN4O. The van der Waals surface area contributed by atoms with Crippen molar-refractivity contribution in [2.75, 3.05) is 26.2 Å². The molecule has 5 nitrogen and oxygen atoms in total. The Labute approximate surface area is 185 Å². The number of halogens is 1. The van der Waals surface area contributed by atoms with Gasteiger partial charge in [0.2, 0.25) is 0 Å². The molecule has 0 aliphatic carbocycles. The van der Waals surface area contributed by atoms with E-state index in [4.69, 9.17) is 9.73 Å². The van der Waals surface area contributed by atoms with Gasteiger partial charge in [0.15, 0.2) is 5.96 Å². The molecule has 0 amide bonds. The van der Waals surface area contributed by atoms with Crippen LogP contribution < -0.4 is 5.32 Å². The predicted molar refractivity (Wildman–Crippen MR) is 125 cm³/mol. The number of rotatable bonds is 7. The molecule has 2 aromatic rings. The van der Waals surface area contributed by atoms with Crippen molar-refractivity contribution in [1.82, 2.24) is 15.2 Å². The Hall–Kier alpha value is -1.67. The van der Waals surface area contributed by atoms with Gasteiger partial charge in [-0.3, -0.25) is 4.98 Å². The van der Waals surface area contributed by atoms with Crippen LogP contribution >= 0.6 is 24.0 Å². The molecular weight excluding hydrogens is 463 g/mol. The fraction of sp³-hybridized carbons (Fsp3) is 0.455. The van der Waals surface area contributed by atoms with Crippen molar-refractivity contribution in [2.45, 2.75) is 33.4 Å². The molecule has 1 atom stereocenters. The Balaban J connectivity index is 0.00000280. The summed E-state index contributed by atoms with van der Waals surface area (Å²) >= 11 is 0. The van der Waals surface area contributed by atoms with E-state index in [0.717, 1.165) is 44.3 Å². The molecule has 1 N–H and O–H groups in total. The second kappa shape index (κ2) is 12.0. The van der Waals surface area contributed by atoms with Crippen LogP contribution in [0.2, 0.25) is 0 Å². The Bertz CT molecular complexity index is 738. The van der Waals surface area contributed by atoms with Gasteiger partial charge >= 0.3 is 0 Å². The number of likely N-dealkylation sites (tertiary alicyclic amines) is 1. The fourth-order valence-corrected chi connectivity index (χ4v) is 3.34. The second-order valence-corrected chi connectivity index (χ2v) is 7.04. The normalized spacial score (nSPS) is 16.7. The number of guanidine groups is 1. The monoisotopic (exact) mass is 494 g/mol. The van der Waals surface area contributed by atoms with E-state index in [9.17, 15) is 0 Å². The number of aryl methyl sites for hydroxylation is 1. The maximum absolute atomic E-state index is 5.94. The lowest BCUT2D eigenvalue weighted by atomic mass is 10.1. The summed E-state index contributed by atoms with van der Waals surface area (Å²) < 4.78 is 5.94. The van der Waals surface area contributed by atoms with Crippen LogP contribution in [0, 0.1) is 12.8 Å². The summed E-state index contributed by atoms with van der Waals surface area (Å²) in [6, 6.07) is 14.4. The van der Waals surface area contributed by atoms with Crippen molar-refractivity contribution < 1.29 is 4.74 Å². The number of hydrogen-bond acceptors (Lipinski definition) is 3. The highest BCUT2D eigenvalue weighted by Gasteiger charge is 2.25. The summed E-state index contributed by atoms with van der Waals surface area (Å²) in [5, 5.41) is 3.42. The highest BCUT2D eigenvalue weighted by atomic mass is 127. The van der Waals surface area contributed by atoms with E-state index >= 15 is 0 Å². The lowest BCUT2D eigenvalue weighted by Gasteiger charge is -2.21. The van der Waals surface area contributed by atoms with Gasteiger partial charge in [-0.1, -0.05) is 36.4 Å². The smallest absolute Gasteiger partial charge is 0.194 e. The number of aromatic nitrogens is 1. The summed E-state index contributed by atoms with van der Waals surface area (Å²) in [4.78, 5) is 11.6. The van der Waals surface area contributed by atoms with Crippen LogP contribution in [0.4, 0.5) is 0 Å². The minimum atomic E-state index is 0. The number of hydrogen-bond donors (Lipinski definition) is 1. The van der Waals surface area contributed by atoms with Crippen LogP contribution in [0.15, 0.2) is 53.7 Å². The lowest BCUT2D eigenvalue weighted by molar-refractivity contribution is 0.0906. The molecule has 1 saturated heterocycles. The minimum absolute atomic E-state index is 0. The maximum atomic E-state index is 5.94. The van der Waals surface area contributed by atoms with Crippen molar-refractivity contribution in [2.24, 2.45) is 10.9 Å². The van der Waals surface area contributed by atoms with Gasteiger partial charge in [-0.25, -0.2) is 4.99 Å². The van der Waals surface area contributed by atoms with E-state index in [0.29, 0.717) is 19.1 Å². The minimum Gasteiger partial charge on any atom is -0.376 e. The molecule has 0 spiro atoms. The van der Waals surface area contributed by atoms with Crippen LogP contribution in [0.3, 0.4) is 0 Å². The molecule has 1 aromatic heterocycles. The Morgan fingerprint density at radius 2 is 2.07 bits per heavy atom. The summed E-state index contributed by atoms with van der Waals surface area (Å²) in [7, 11) is 0. The highest BCUT2D eigenvalue weighted by molar-refractivity contribution is 14.0. The third-order valence-electron chi connectivity index (χ3n) is 4.88. The lowest BCUT2D eigenvalue weighted by Crippen LogP contribution is -2.40. The summed E-state index contributed by atoms with van der Waals surface area (Å²) in [6.07, 6.45) is 2.97. The van der Waals surface area contributed by atoms with Gasteiger partial charge in [-0.2, -0.15) is 0 Å². The largest absolute Gasteiger partial charge is 0.376 e. The zero-order chi connectivity index (χ0) is 18.9. The third kappa shape index (κ3) is 6.74. The Morgan fingerprint density at radius 3 is 2.82 bits per heavy atom. The number of benzene rings is 1. The number of nitrogens with one attached hydrogen (secondary N) is 1. The first-order valence-electron chi connectivity index (χ1n) is 9.81. The predicted octanol–water partition coefficient (Wildman–Crippen LogP) is 4.01. The maximum Gasteiger partial charge on any atom is 0.194 e. The van der Waals surface area contributed by atoms with Crippen molar-refractivity contribution in [3.8, 4) is 0 Å². The molecule has 1 aliphatic rings. The molecule has 28 heavy (non-hydrogen) atoms. The zero-order valence-corrected chi connectivity index (χ0v) is 19.1. The molecule has 1 aliphatic heterocycles. The quantitative estimate of drug-likeness (QED) is 0.359. The summed E-state index contributed by atoms with van der Waals surface area (Å²) in [5.74, 6) is 1.53. The number of pyridine rings is 1. The van der Waals surface area contributed by atoms with E-state index in [1.54, 1.807) is 0 Å². The molecule has 1 aromatic carbocycles. The van der Waals surface area contributed by atoms with E-state index in [-0.39, 0.29) is 24.0 Å². The molecule has 1 fully saturated rings. The number of nitrogens with zero attached hydrogens (tertiary/aromatic N) is 3. The second-order valence-electron chi connectivity index (χ2n) is 7.04. The van der Waals surface area contributed by atoms with Crippen molar-refractivity contribution >= 4 is 29.9 Å². The van der Waals surface area contributed by atoms with Crippen molar-refractivity contribution in [1.29, 1.82) is 0 Å². The van der Waals surface area contributed by atoms with E-state index < -0.39 is 0 Å². The SMILES string of the molecule is CCNC(=NCc1ncccc1C)N1CCC(COCc2ccccc2)C1.I. The van der Waals surface area contributed by atoms with Crippen molar-refractivity contribution in [3.63, 3.8) is 0 Å². The molecule has 0 saturated carbocycles. The molecule has 152 valence electrons. The van der Waals surface area contributed by atoms with Crippen LogP contribution in [0.5, 0.6) is 0 Å². The molecule has 1 unspecified atom stereocenters. The highest BCUT2D eigenvalue weighted by Crippen LogP contribution is 2.18. The third-order valence-corrected chi connectivity index (χ3v) is 4.88. The van der Waals surface area contributed by atoms with E-state index in [1.807, 2.05) is 18.3 Å². The van der Waals surface area contributed by atoms with Crippen molar-refractivity contribution in [3.05, 3.63) is 65.5 Å². The van der Waals surface area contributed by atoms with Gasteiger partial charge in [-0.05, 0) is 37.5 Å². The van der Waals surface area contributed by atoms with E-state index in [2.05, 4.69) is 59.4 Å². The van der Waals surface area contributed by atoms with Crippen LogP contribution in [-0.4, -0.2) is 42.1 Å². The molecule has 2 heterocycles. The Morgan fingerprint density at radius 1 is 1.25 bits per heavy atom. The first kappa shape index (κ1) is 22.6. The summed E-state index contributed by atoms with van der Waals surface area (Å²) in [5.41, 5.74) is 3.45. The average molecular weight is 494 g/mol. The van der Waals surface area contributed by atoms with Gasteiger partial charge < -0.3 is 15.0 Å². The van der Waals surface area contributed by atoms with Crippen LogP contribution in [0.25, 0.3) is 0 Å². The molecule has 6 heteroatoms. The van der Waals surface area contributed by atoms with Gasteiger partial charge in [0.1, 0.15) is 0 Å². The van der Waals surface area contributed by atoms with Crippen LogP contribution in [0.1, 0.15) is 30.2 Å². The summed E-state index contributed by atoms with van der Waals surface area (Å²) in [6.45, 7) is 9.16. The molecule has 0 radical (unpaired) electrons. The van der Waals surface area contributed by atoms with E-state index in [1.165, 1.54) is 11.1 Å². The zero-order valence-electron chi connectivity index (χ0n) is 16.8. The van der Waals surface area contributed by atoms with Crippen LogP contribution in [-0.2, 0) is 17.9 Å². The first-order valence-corrected chi connectivity index (χ1v) is 9.81.